The average Bonchev–Trinajstić information content (AvgIpc) is 2.93. The molecule has 0 fully saturated rings. The molecule has 1 N–H and O–H groups in total. The lowest BCUT2D eigenvalue weighted by atomic mass is 10.2. The van der Waals surface area contributed by atoms with Gasteiger partial charge in [-0.3, -0.25) is 10.1 Å². The summed E-state index contributed by atoms with van der Waals surface area (Å²) in [6.07, 6.45) is 0.784. The summed E-state index contributed by atoms with van der Waals surface area (Å²) in [6, 6.07) is 4.78. The van der Waals surface area contributed by atoms with Crippen LogP contribution in [0.4, 0.5) is 5.69 Å². The summed E-state index contributed by atoms with van der Waals surface area (Å²) in [5.74, 6) is 0.235. The summed E-state index contributed by atoms with van der Waals surface area (Å²) in [7, 11) is 3.28. The highest BCUT2D eigenvalue weighted by Gasteiger charge is 2.17. The number of benzene rings is 1. The molecular weight excluding hydrogens is 280 g/mol. The summed E-state index contributed by atoms with van der Waals surface area (Å²) in [6.45, 7) is 0.817. The topological polar surface area (TPSA) is 90.2 Å². The fourth-order valence-corrected chi connectivity index (χ4v) is 2.50. The van der Waals surface area contributed by atoms with Crippen molar-refractivity contribution in [2.75, 3.05) is 20.7 Å². The van der Waals surface area contributed by atoms with Crippen molar-refractivity contribution in [3.05, 3.63) is 33.3 Å². The first-order chi connectivity index (χ1) is 9.65. The van der Waals surface area contributed by atoms with E-state index >= 15 is 0 Å². The largest absolute Gasteiger partial charge is 0.490 e. The SMILES string of the molecule is CNCCc1nnc(-c2ccc(OC)c([N+](=O)[O-])c2)s1. The molecule has 8 heteroatoms. The Balaban J connectivity index is 2.30. The number of hydrogen-bond acceptors (Lipinski definition) is 7. The Hall–Kier alpha value is -2.06. The van der Waals surface area contributed by atoms with Crippen LogP contribution < -0.4 is 10.1 Å². The van der Waals surface area contributed by atoms with Crippen LogP contribution in [0.1, 0.15) is 5.01 Å². The van der Waals surface area contributed by atoms with Gasteiger partial charge in [-0.15, -0.1) is 10.2 Å². The highest BCUT2D eigenvalue weighted by Crippen LogP contribution is 2.33. The van der Waals surface area contributed by atoms with E-state index in [0.717, 1.165) is 18.0 Å². The first-order valence-electron chi connectivity index (χ1n) is 5.95. The zero-order valence-electron chi connectivity index (χ0n) is 11.1. The van der Waals surface area contributed by atoms with Gasteiger partial charge in [-0.2, -0.15) is 0 Å². The van der Waals surface area contributed by atoms with Gasteiger partial charge < -0.3 is 10.1 Å². The first kappa shape index (κ1) is 14.4. The van der Waals surface area contributed by atoms with E-state index in [1.54, 1.807) is 12.1 Å². The van der Waals surface area contributed by atoms with Crippen LogP contribution in [0, 0.1) is 10.1 Å². The number of ether oxygens (including phenoxy) is 1. The van der Waals surface area contributed by atoms with E-state index in [2.05, 4.69) is 15.5 Å². The van der Waals surface area contributed by atoms with Crippen molar-refractivity contribution >= 4 is 17.0 Å². The number of rotatable bonds is 6. The molecule has 2 rings (SSSR count). The third-order valence-corrected chi connectivity index (χ3v) is 3.71. The Labute approximate surface area is 119 Å². The number of nitro groups is 1. The van der Waals surface area contributed by atoms with Crippen molar-refractivity contribution in [3.8, 4) is 16.3 Å². The number of aromatic nitrogens is 2. The van der Waals surface area contributed by atoms with Crippen LogP contribution >= 0.6 is 11.3 Å². The van der Waals surface area contributed by atoms with E-state index in [4.69, 9.17) is 4.74 Å². The van der Waals surface area contributed by atoms with Crippen LogP contribution in [0.25, 0.3) is 10.6 Å². The molecule has 2 aromatic rings. The maximum absolute atomic E-state index is 11.0. The summed E-state index contributed by atoms with van der Waals surface area (Å²) < 4.78 is 4.97. The summed E-state index contributed by atoms with van der Waals surface area (Å²) in [5.41, 5.74) is 0.600. The van der Waals surface area contributed by atoms with Crippen molar-refractivity contribution in [2.45, 2.75) is 6.42 Å². The minimum atomic E-state index is -0.467. The third kappa shape index (κ3) is 3.09. The van der Waals surface area contributed by atoms with E-state index in [1.165, 1.54) is 24.5 Å². The molecule has 0 aliphatic rings. The average molecular weight is 294 g/mol. The minimum Gasteiger partial charge on any atom is -0.490 e. The lowest BCUT2D eigenvalue weighted by Gasteiger charge is -2.02. The number of nitrogens with one attached hydrogen (secondary N) is 1. The van der Waals surface area contributed by atoms with Crippen LogP contribution in [-0.4, -0.2) is 35.8 Å². The molecule has 0 aliphatic carbocycles. The maximum atomic E-state index is 11.0. The molecule has 1 heterocycles. The second-order valence-electron chi connectivity index (χ2n) is 4.00. The Morgan fingerprint density at radius 3 is 2.90 bits per heavy atom. The Kier molecular flexibility index (Phi) is 4.59. The Bertz CT molecular complexity index is 614. The van der Waals surface area contributed by atoms with Gasteiger partial charge in [0, 0.05) is 24.6 Å². The smallest absolute Gasteiger partial charge is 0.311 e. The van der Waals surface area contributed by atoms with Gasteiger partial charge in [-0.25, -0.2) is 0 Å². The van der Waals surface area contributed by atoms with E-state index in [-0.39, 0.29) is 11.4 Å². The van der Waals surface area contributed by atoms with Crippen LogP contribution in [0.15, 0.2) is 18.2 Å². The summed E-state index contributed by atoms with van der Waals surface area (Å²) >= 11 is 1.43. The third-order valence-electron chi connectivity index (χ3n) is 2.68. The van der Waals surface area contributed by atoms with Crippen molar-refractivity contribution in [3.63, 3.8) is 0 Å². The van der Waals surface area contributed by atoms with Crippen molar-refractivity contribution in [2.24, 2.45) is 0 Å². The van der Waals surface area contributed by atoms with E-state index < -0.39 is 4.92 Å². The van der Waals surface area contributed by atoms with Gasteiger partial charge in [-0.05, 0) is 19.2 Å². The van der Waals surface area contributed by atoms with E-state index in [1.807, 2.05) is 7.05 Å². The predicted molar refractivity (Wildman–Crippen MR) is 76.2 cm³/mol. The quantitative estimate of drug-likeness (QED) is 0.646. The standard InChI is InChI=1S/C12H14N4O3S/c1-13-6-5-11-14-15-12(20-11)8-3-4-10(19-2)9(7-8)16(17)18/h3-4,7,13H,5-6H2,1-2H3. The van der Waals surface area contributed by atoms with Gasteiger partial charge in [0.1, 0.15) is 10.0 Å². The van der Waals surface area contributed by atoms with E-state index in [9.17, 15) is 10.1 Å². The molecule has 1 aromatic carbocycles. The fourth-order valence-electron chi connectivity index (χ4n) is 1.67. The zero-order chi connectivity index (χ0) is 14.5. The lowest BCUT2D eigenvalue weighted by molar-refractivity contribution is -0.385. The normalized spacial score (nSPS) is 10.5. The van der Waals surface area contributed by atoms with Crippen LogP contribution in [-0.2, 0) is 6.42 Å². The fraction of sp³-hybridized carbons (Fsp3) is 0.333. The van der Waals surface area contributed by atoms with Gasteiger partial charge in [0.2, 0.25) is 0 Å². The number of hydrogen-bond donors (Lipinski definition) is 1. The molecule has 0 spiro atoms. The monoisotopic (exact) mass is 294 g/mol. The molecule has 20 heavy (non-hydrogen) atoms. The molecule has 0 atom stereocenters. The predicted octanol–water partition coefficient (Wildman–Crippen LogP) is 1.88. The zero-order valence-corrected chi connectivity index (χ0v) is 11.9. The molecule has 7 nitrogen and oxygen atoms in total. The molecule has 0 amide bonds. The molecule has 0 saturated heterocycles. The highest BCUT2D eigenvalue weighted by atomic mass is 32.1. The van der Waals surface area contributed by atoms with Crippen LogP contribution in [0.5, 0.6) is 5.75 Å². The first-order valence-corrected chi connectivity index (χ1v) is 6.77. The van der Waals surface area contributed by atoms with Gasteiger partial charge in [0.25, 0.3) is 0 Å². The Morgan fingerprint density at radius 2 is 2.25 bits per heavy atom. The molecule has 0 saturated carbocycles. The van der Waals surface area contributed by atoms with Gasteiger partial charge in [-0.1, -0.05) is 11.3 Å². The van der Waals surface area contributed by atoms with Crippen LogP contribution in [0.3, 0.4) is 0 Å². The number of nitrogens with zero attached hydrogens (tertiary/aromatic N) is 3. The molecule has 0 bridgehead atoms. The molecular formula is C12H14N4O3S. The molecule has 0 unspecified atom stereocenters. The van der Waals surface area contributed by atoms with E-state index in [0.29, 0.717) is 10.6 Å². The summed E-state index contributed by atoms with van der Waals surface area (Å²) in [5, 5.41) is 23.7. The summed E-state index contributed by atoms with van der Waals surface area (Å²) in [4.78, 5) is 10.5. The van der Waals surface area contributed by atoms with Crippen molar-refractivity contribution < 1.29 is 9.66 Å². The molecule has 0 aliphatic heterocycles. The minimum absolute atomic E-state index is 0.0722. The number of nitro benzene ring substituents is 1. The second kappa shape index (κ2) is 6.40. The Morgan fingerprint density at radius 1 is 1.45 bits per heavy atom. The highest BCUT2D eigenvalue weighted by molar-refractivity contribution is 7.14. The van der Waals surface area contributed by atoms with Gasteiger partial charge >= 0.3 is 5.69 Å². The lowest BCUT2D eigenvalue weighted by Crippen LogP contribution is -2.09. The van der Waals surface area contributed by atoms with Crippen LogP contribution in [0.2, 0.25) is 0 Å². The number of methoxy groups -OCH3 is 1. The van der Waals surface area contributed by atoms with Gasteiger partial charge in [0.05, 0.1) is 12.0 Å². The second-order valence-corrected chi connectivity index (χ2v) is 5.06. The molecule has 106 valence electrons. The molecule has 1 aromatic heterocycles. The molecule has 0 radical (unpaired) electrons. The maximum Gasteiger partial charge on any atom is 0.311 e. The van der Waals surface area contributed by atoms with Crippen molar-refractivity contribution in [1.82, 2.24) is 15.5 Å². The number of likely N-dealkylation sites (N-methyl/N-ethyl adjacent to an activating group) is 1. The van der Waals surface area contributed by atoms with Crippen molar-refractivity contribution in [1.29, 1.82) is 0 Å². The van der Waals surface area contributed by atoms with Gasteiger partial charge in [0.15, 0.2) is 5.75 Å².